The Bertz CT molecular complexity index is 177. The summed E-state index contributed by atoms with van der Waals surface area (Å²) >= 11 is 3.23. The number of alkyl halides is 1. The Hall–Kier alpha value is -0.530. The molecule has 0 unspecified atom stereocenters. The second kappa shape index (κ2) is 9.56. The van der Waals surface area contributed by atoms with E-state index in [1.807, 2.05) is 0 Å². The van der Waals surface area contributed by atoms with Crippen molar-refractivity contribution in [3.05, 3.63) is 0 Å². The minimum atomic E-state index is -0.0135. The van der Waals surface area contributed by atoms with Gasteiger partial charge in [0.1, 0.15) is 0 Å². The number of hydrogen-bond donors (Lipinski definition) is 1. The maximum absolute atomic E-state index is 11.0. The van der Waals surface area contributed by atoms with Crippen LogP contribution in [0.3, 0.4) is 0 Å². The lowest BCUT2D eigenvalue weighted by atomic mass is 10.3. The van der Waals surface area contributed by atoms with E-state index >= 15 is 0 Å². The van der Waals surface area contributed by atoms with Gasteiger partial charge in [-0.1, -0.05) is 15.9 Å². The lowest BCUT2D eigenvalue weighted by Gasteiger charge is -2.03. The lowest BCUT2D eigenvalue weighted by Crippen LogP contribution is -2.27. The second-order valence-corrected chi connectivity index (χ2v) is 3.15. The van der Waals surface area contributed by atoms with E-state index in [1.165, 1.54) is 0 Å². The highest BCUT2D eigenvalue weighted by atomic mass is 79.9. The van der Waals surface area contributed by atoms with E-state index in [2.05, 4.69) is 27.2 Å². The molecule has 0 saturated carbocycles. The molecule has 0 saturated heterocycles. The van der Waals surface area contributed by atoms with Crippen molar-refractivity contribution in [3.8, 4) is 12.3 Å². The third-order valence-corrected chi connectivity index (χ3v) is 1.61. The minimum Gasteiger partial charge on any atom is -0.379 e. The summed E-state index contributed by atoms with van der Waals surface area (Å²) in [6.07, 6.45) is 5.90. The summed E-state index contributed by atoms with van der Waals surface area (Å²) in [7, 11) is 0. The monoisotopic (exact) mass is 247 g/mol. The van der Waals surface area contributed by atoms with Crippen LogP contribution in [0.25, 0.3) is 0 Å². The van der Waals surface area contributed by atoms with Gasteiger partial charge in [-0.2, -0.15) is 0 Å². The summed E-state index contributed by atoms with van der Waals surface area (Å²) in [5.74, 6) is 2.40. The molecular formula is C9H14BrNO2. The van der Waals surface area contributed by atoms with Crippen LogP contribution in [0, 0.1) is 12.3 Å². The number of halogens is 1. The standard InChI is InChI=1S/C9H14BrNO2/c1-2-3-4-9(12)11-6-8-13-7-5-10/h1H,3-8H2,(H,11,12). The molecule has 13 heavy (non-hydrogen) atoms. The topological polar surface area (TPSA) is 38.3 Å². The van der Waals surface area contributed by atoms with Crippen molar-refractivity contribution >= 4 is 21.8 Å². The molecular weight excluding hydrogens is 234 g/mol. The van der Waals surface area contributed by atoms with Gasteiger partial charge in [0, 0.05) is 24.7 Å². The number of ether oxygens (including phenoxy) is 1. The molecule has 3 nitrogen and oxygen atoms in total. The van der Waals surface area contributed by atoms with E-state index < -0.39 is 0 Å². The zero-order valence-electron chi connectivity index (χ0n) is 7.51. The summed E-state index contributed by atoms with van der Waals surface area (Å²) < 4.78 is 5.14. The van der Waals surface area contributed by atoms with Crippen molar-refractivity contribution in [1.82, 2.24) is 5.32 Å². The van der Waals surface area contributed by atoms with Crippen molar-refractivity contribution in [2.75, 3.05) is 25.1 Å². The van der Waals surface area contributed by atoms with Crippen LogP contribution in [0.4, 0.5) is 0 Å². The molecule has 0 aliphatic rings. The Morgan fingerprint density at radius 2 is 2.31 bits per heavy atom. The molecule has 0 atom stereocenters. The Balaban J connectivity index is 3.13. The van der Waals surface area contributed by atoms with Crippen molar-refractivity contribution < 1.29 is 9.53 Å². The second-order valence-electron chi connectivity index (χ2n) is 2.36. The predicted molar refractivity (Wildman–Crippen MR) is 55.7 cm³/mol. The number of nitrogens with one attached hydrogen (secondary N) is 1. The Morgan fingerprint density at radius 1 is 1.54 bits per heavy atom. The molecule has 0 aromatic carbocycles. The van der Waals surface area contributed by atoms with Gasteiger partial charge in [-0.15, -0.1) is 12.3 Å². The molecule has 0 radical (unpaired) electrons. The van der Waals surface area contributed by atoms with Gasteiger partial charge in [0.25, 0.3) is 0 Å². The molecule has 0 aromatic heterocycles. The van der Waals surface area contributed by atoms with Gasteiger partial charge in [0.15, 0.2) is 0 Å². The summed E-state index contributed by atoms with van der Waals surface area (Å²) in [5, 5.41) is 3.52. The molecule has 1 N–H and O–H groups in total. The number of hydrogen-bond acceptors (Lipinski definition) is 2. The van der Waals surface area contributed by atoms with Crippen LogP contribution in [-0.2, 0) is 9.53 Å². The molecule has 0 rings (SSSR count). The van der Waals surface area contributed by atoms with Crippen LogP contribution in [0.15, 0.2) is 0 Å². The molecule has 1 amide bonds. The van der Waals surface area contributed by atoms with E-state index in [4.69, 9.17) is 11.2 Å². The first-order valence-corrected chi connectivity index (χ1v) is 5.27. The molecule has 0 fully saturated rings. The van der Waals surface area contributed by atoms with Gasteiger partial charge in [0.2, 0.25) is 5.91 Å². The number of rotatable bonds is 7. The summed E-state index contributed by atoms with van der Waals surface area (Å²) in [6, 6.07) is 0. The lowest BCUT2D eigenvalue weighted by molar-refractivity contribution is -0.121. The molecule has 0 bridgehead atoms. The maximum Gasteiger partial charge on any atom is 0.221 e. The van der Waals surface area contributed by atoms with Gasteiger partial charge in [-0.3, -0.25) is 4.79 Å². The zero-order chi connectivity index (χ0) is 9.94. The summed E-state index contributed by atoms with van der Waals surface area (Å²) in [6.45, 7) is 1.77. The first-order valence-electron chi connectivity index (χ1n) is 4.15. The molecule has 74 valence electrons. The first-order chi connectivity index (χ1) is 6.31. The molecule has 0 heterocycles. The van der Waals surface area contributed by atoms with Crippen molar-refractivity contribution in [1.29, 1.82) is 0 Å². The highest BCUT2D eigenvalue weighted by Crippen LogP contribution is 1.85. The Morgan fingerprint density at radius 3 is 2.92 bits per heavy atom. The van der Waals surface area contributed by atoms with Crippen LogP contribution < -0.4 is 5.32 Å². The summed E-state index contributed by atoms with van der Waals surface area (Å²) in [4.78, 5) is 11.0. The third-order valence-electron chi connectivity index (χ3n) is 1.29. The van der Waals surface area contributed by atoms with Gasteiger partial charge in [-0.25, -0.2) is 0 Å². The number of amides is 1. The fourth-order valence-electron chi connectivity index (χ4n) is 0.693. The van der Waals surface area contributed by atoms with E-state index in [1.54, 1.807) is 0 Å². The van der Waals surface area contributed by atoms with Crippen molar-refractivity contribution in [2.45, 2.75) is 12.8 Å². The minimum absolute atomic E-state index is 0.0135. The van der Waals surface area contributed by atoms with Crippen LogP contribution in [0.2, 0.25) is 0 Å². The highest BCUT2D eigenvalue weighted by Gasteiger charge is 1.97. The molecule has 0 aliphatic carbocycles. The van der Waals surface area contributed by atoms with E-state index in [-0.39, 0.29) is 5.91 Å². The Kier molecular flexibility index (Phi) is 9.17. The van der Waals surface area contributed by atoms with Crippen molar-refractivity contribution in [3.63, 3.8) is 0 Å². The normalized spacial score (nSPS) is 9.23. The van der Waals surface area contributed by atoms with Crippen LogP contribution >= 0.6 is 15.9 Å². The molecule has 4 heteroatoms. The predicted octanol–water partition coefficient (Wildman–Crippen LogP) is 0.927. The average Bonchev–Trinajstić information content (AvgIpc) is 2.14. The highest BCUT2D eigenvalue weighted by molar-refractivity contribution is 9.09. The molecule has 0 aromatic rings. The Labute approximate surface area is 87.4 Å². The van der Waals surface area contributed by atoms with E-state index in [0.29, 0.717) is 32.6 Å². The van der Waals surface area contributed by atoms with Crippen LogP contribution in [0.1, 0.15) is 12.8 Å². The largest absolute Gasteiger partial charge is 0.379 e. The van der Waals surface area contributed by atoms with Crippen LogP contribution in [-0.4, -0.2) is 31.0 Å². The van der Waals surface area contributed by atoms with Gasteiger partial charge in [-0.05, 0) is 0 Å². The zero-order valence-corrected chi connectivity index (χ0v) is 9.10. The number of terminal acetylenes is 1. The number of carbonyl (C=O) groups excluding carboxylic acids is 1. The smallest absolute Gasteiger partial charge is 0.221 e. The first kappa shape index (κ1) is 12.5. The molecule has 0 aliphatic heterocycles. The molecule has 0 spiro atoms. The number of carbonyl (C=O) groups is 1. The third kappa shape index (κ3) is 9.38. The SMILES string of the molecule is C#CCCC(=O)NCCOCCBr. The maximum atomic E-state index is 11.0. The average molecular weight is 248 g/mol. The van der Waals surface area contributed by atoms with E-state index in [0.717, 1.165) is 5.33 Å². The van der Waals surface area contributed by atoms with Gasteiger partial charge in [0.05, 0.1) is 13.2 Å². The quantitative estimate of drug-likeness (QED) is 0.413. The van der Waals surface area contributed by atoms with E-state index in [9.17, 15) is 4.79 Å². The van der Waals surface area contributed by atoms with Gasteiger partial charge >= 0.3 is 0 Å². The fourth-order valence-corrected chi connectivity index (χ4v) is 0.922. The van der Waals surface area contributed by atoms with Crippen LogP contribution in [0.5, 0.6) is 0 Å². The van der Waals surface area contributed by atoms with Crippen molar-refractivity contribution in [2.24, 2.45) is 0 Å². The van der Waals surface area contributed by atoms with Gasteiger partial charge < -0.3 is 10.1 Å². The summed E-state index contributed by atoms with van der Waals surface area (Å²) in [5.41, 5.74) is 0. The fraction of sp³-hybridized carbons (Fsp3) is 0.667.